The van der Waals surface area contributed by atoms with Crippen LogP contribution in [0.15, 0.2) is 36.8 Å². The Morgan fingerprint density at radius 1 is 1.31 bits per heavy atom. The summed E-state index contributed by atoms with van der Waals surface area (Å²) in [5.41, 5.74) is 2.48. The molecule has 82 valence electrons. The lowest BCUT2D eigenvalue weighted by Gasteiger charge is -2.08. The van der Waals surface area contributed by atoms with Crippen LogP contribution in [0.2, 0.25) is 5.02 Å². The Morgan fingerprint density at radius 2 is 2.12 bits per heavy atom. The van der Waals surface area contributed by atoms with E-state index in [1.165, 1.54) is 17.5 Å². The lowest BCUT2D eigenvalue weighted by atomic mass is 10.1. The summed E-state index contributed by atoms with van der Waals surface area (Å²) in [6, 6.07) is 8.21. The third kappa shape index (κ3) is 2.49. The number of benzene rings is 1. The molecule has 0 spiro atoms. The summed E-state index contributed by atoms with van der Waals surface area (Å²) in [4.78, 5) is 7.90. The van der Waals surface area contributed by atoms with Gasteiger partial charge in [-0.05, 0) is 18.1 Å². The predicted octanol–water partition coefficient (Wildman–Crippen LogP) is 3.05. The Bertz CT molecular complexity index is 440. The molecule has 0 saturated heterocycles. The molecule has 1 aromatic heterocycles. The van der Waals surface area contributed by atoms with Crippen molar-refractivity contribution >= 4 is 17.4 Å². The van der Waals surface area contributed by atoms with Crippen LogP contribution >= 0.6 is 11.6 Å². The molecule has 0 saturated carbocycles. The van der Waals surface area contributed by atoms with Gasteiger partial charge in [-0.1, -0.05) is 35.9 Å². The van der Waals surface area contributed by atoms with Crippen LogP contribution in [0.4, 0.5) is 5.82 Å². The fourth-order valence-corrected chi connectivity index (χ4v) is 1.60. The van der Waals surface area contributed by atoms with Gasteiger partial charge in [0.1, 0.15) is 17.2 Å². The van der Waals surface area contributed by atoms with Crippen LogP contribution in [0, 0.1) is 6.92 Å². The lowest BCUT2D eigenvalue weighted by molar-refractivity contribution is 1.07. The summed E-state index contributed by atoms with van der Waals surface area (Å²) < 4.78 is 0. The van der Waals surface area contributed by atoms with Crippen molar-refractivity contribution < 1.29 is 0 Å². The van der Waals surface area contributed by atoms with Crippen LogP contribution in [0.25, 0.3) is 0 Å². The van der Waals surface area contributed by atoms with Crippen molar-refractivity contribution in [2.45, 2.75) is 13.5 Å². The smallest absolute Gasteiger partial charge is 0.148 e. The molecule has 0 aliphatic carbocycles. The van der Waals surface area contributed by atoms with Crippen molar-refractivity contribution in [3.8, 4) is 0 Å². The number of aryl methyl sites for hydroxylation is 1. The van der Waals surface area contributed by atoms with E-state index in [1.807, 2.05) is 12.1 Å². The van der Waals surface area contributed by atoms with E-state index in [1.54, 1.807) is 6.20 Å². The molecule has 16 heavy (non-hydrogen) atoms. The number of nitrogens with one attached hydrogen (secondary N) is 1. The minimum absolute atomic E-state index is 0.538. The number of halogens is 1. The van der Waals surface area contributed by atoms with Crippen molar-refractivity contribution in [1.82, 2.24) is 9.97 Å². The third-order valence-corrected chi connectivity index (χ3v) is 2.65. The first-order valence-corrected chi connectivity index (χ1v) is 5.39. The Hall–Kier alpha value is -1.61. The van der Waals surface area contributed by atoms with Gasteiger partial charge in [0.25, 0.3) is 0 Å². The van der Waals surface area contributed by atoms with Crippen molar-refractivity contribution in [3.63, 3.8) is 0 Å². The molecule has 2 aromatic rings. The van der Waals surface area contributed by atoms with Crippen LogP contribution in [0.3, 0.4) is 0 Å². The van der Waals surface area contributed by atoms with E-state index >= 15 is 0 Å². The number of hydrogen-bond acceptors (Lipinski definition) is 3. The Morgan fingerprint density at radius 3 is 2.88 bits per heavy atom. The van der Waals surface area contributed by atoms with Crippen LogP contribution in [0.1, 0.15) is 11.1 Å². The van der Waals surface area contributed by atoms with Crippen LogP contribution in [-0.4, -0.2) is 9.97 Å². The summed E-state index contributed by atoms with van der Waals surface area (Å²) in [6.45, 7) is 2.79. The quantitative estimate of drug-likeness (QED) is 0.886. The second kappa shape index (κ2) is 4.94. The van der Waals surface area contributed by atoms with E-state index in [-0.39, 0.29) is 0 Å². The molecule has 0 atom stereocenters. The molecule has 1 N–H and O–H groups in total. The molecule has 4 heteroatoms. The zero-order valence-corrected chi connectivity index (χ0v) is 9.70. The molecule has 0 radical (unpaired) electrons. The monoisotopic (exact) mass is 233 g/mol. The molecular weight excluding hydrogens is 222 g/mol. The summed E-state index contributed by atoms with van der Waals surface area (Å²) in [7, 11) is 0. The van der Waals surface area contributed by atoms with Gasteiger partial charge >= 0.3 is 0 Å². The average molecular weight is 234 g/mol. The SMILES string of the molecule is Cc1ccccc1CNc1ncncc1Cl. The molecule has 2 rings (SSSR count). The highest BCUT2D eigenvalue weighted by Crippen LogP contribution is 2.17. The number of anilines is 1. The summed E-state index contributed by atoms with van der Waals surface area (Å²) in [6.07, 6.45) is 3.06. The molecule has 1 aromatic carbocycles. The first kappa shape index (κ1) is 10.9. The standard InChI is InChI=1S/C12H12ClN3/c1-9-4-2-3-5-10(9)6-15-12-11(13)7-14-8-16-12/h2-5,7-8H,6H2,1H3,(H,14,15,16). The topological polar surface area (TPSA) is 37.8 Å². The zero-order chi connectivity index (χ0) is 11.4. The number of hydrogen-bond donors (Lipinski definition) is 1. The maximum absolute atomic E-state index is 5.94. The van der Waals surface area contributed by atoms with Crippen LogP contribution in [-0.2, 0) is 6.54 Å². The lowest BCUT2D eigenvalue weighted by Crippen LogP contribution is -2.03. The van der Waals surface area contributed by atoms with Crippen molar-refractivity contribution in [1.29, 1.82) is 0 Å². The Balaban J connectivity index is 2.09. The van der Waals surface area contributed by atoms with Crippen molar-refractivity contribution in [3.05, 3.63) is 52.9 Å². The van der Waals surface area contributed by atoms with Crippen molar-refractivity contribution in [2.75, 3.05) is 5.32 Å². The van der Waals surface area contributed by atoms with Gasteiger partial charge in [0, 0.05) is 6.54 Å². The fraction of sp³-hybridized carbons (Fsp3) is 0.167. The number of aromatic nitrogens is 2. The van der Waals surface area contributed by atoms with E-state index in [0.717, 1.165) is 0 Å². The van der Waals surface area contributed by atoms with E-state index in [4.69, 9.17) is 11.6 Å². The number of rotatable bonds is 3. The van der Waals surface area contributed by atoms with Crippen molar-refractivity contribution in [2.24, 2.45) is 0 Å². The summed E-state index contributed by atoms with van der Waals surface area (Å²) >= 11 is 5.94. The second-order valence-corrected chi connectivity index (χ2v) is 3.91. The first-order valence-electron chi connectivity index (χ1n) is 5.01. The third-order valence-electron chi connectivity index (χ3n) is 2.38. The molecule has 0 fully saturated rings. The van der Waals surface area contributed by atoms with Gasteiger partial charge in [0.05, 0.1) is 6.20 Å². The molecule has 0 aliphatic rings. The Kier molecular flexibility index (Phi) is 3.37. The molecule has 0 unspecified atom stereocenters. The number of nitrogens with zero attached hydrogens (tertiary/aromatic N) is 2. The minimum Gasteiger partial charge on any atom is -0.365 e. The molecule has 1 heterocycles. The molecule has 3 nitrogen and oxygen atoms in total. The highest BCUT2D eigenvalue weighted by atomic mass is 35.5. The fourth-order valence-electron chi connectivity index (χ4n) is 1.43. The largest absolute Gasteiger partial charge is 0.365 e. The van der Waals surface area contributed by atoms with Crippen LogP contribution < -0.4 is 5.32 Å². The van der Waals surface area contributed by atoms with Gasteiger partial charge in [0.15, 0.2) is 0 Å². The van der Waals surface area contributed by atoms with Gasteiger partial charge in [-0.15, -0.1) is 0 Å². The normalized spacial score (nSPS) is 10.1. The molecular formula is C12H12ClN3. The highest BCUT2D eigenvalue weighted by molar-refractivity contribution is 6.32. The van der Waals surface area contributed by atoms with Gasteiger partial charge in [0.2, 0.25) is 0 Å². The Labute approximate surface area is 99.5 Å². The first-order chi connectivity index (χ1) is 7.77. The summed E-state index contributed by atoms with van der Waals surface area (Å²) in [5, 5.41) is 3.73. The molecule has 0 aliphatic heterocycles. The van der Waals surface area contributed by atoms with Crippen LogP contribution in [0.5, 0.6) is 0 Å². The average Bonchev–Trinajstić information content (AvgIpc) is 2.30. The molecule has 0 amide bonds. The maximum Gasteiger partial charge on any atom is 0.148 e. The van der Waals surface area contributed by atoms with Gasteiger partial charge in [-0.2, -0.15) is 0 Å². The minimum atomic E-state index is 0.538. The van der Waals surface area contributed by atoms with Gasteiger partial charge < -0.3 is 5.32 Å². The second-order valence-electron chi connectivity index (χ2n) is 3.50. The van der Waals surface area contributed by atoms with Gasteiger partial charge in [-0.3, -0.25) is 0 Å². The van der Waals surface area contributed by atoms with E-state index in [0.29, 0.717) is 17.4 Å². The summed E-state index contributed by atoms with van der Waals surface area (Å²) in [5.74, 6) is 0.667. The van der Waals surface area contributed by atoms with Gasteiger partial charge in [-0.25, -0.2) is 9.97 Å². The van der Waals surface area contributed by atoms with E-state index in [2.05, 4.69) is 34.3 Å². The predicted molar refractivity (Wildman–Crippen MR) is 65.5 cm³/mol. The maximum atomic E-state index is 5.94. The van der Waals surface area contributed by atoms with E-state index in [9.17, 15) is 0 Å². The van der Waals surface area contributed by atoms with E-state index < -0.39 is 0 Å². The molecule has 0 bridgehead atoms. The highest BCUT2D eigenvalue weighted by Gasteiger charge is 2.01. The zero-order valence-electron chi connectivity index (χ0n) is 8.94.